The van der Waals surface area contributed by atoms with Gasteiger partial charge in [-0.3, -0.25) is 0 Å². The largest absolute Gasteiger partial charge is 0.369 e. The highest BCUT2D eigenvalue weighted by atomic mass is 32.2. The third-order valence-electron chi connectivity index (χ3n) is 4.18. The quantitative estimate of drug-likeness (QED) is 0.794. The van der Waals surface area contributed by atoms with Crippen molar-refractivity contribution in [2.75, 3.05) is 30.0 Å². The Morgan fingerprint density at radius 2 is 1.95 bits per heavy atom. The monoisotopic (exact) mass is 308 g/mol. The lowest BCUT2D eigenvalue weighted by atomic mass is 9.88. The van der Waals surface area contributed by atoms with Crippen LogP contribution in [0.4, 0.5) is 11.8 Å². The average molecular weight is 308 g/mol. The van der Waals surface area contributed by atoms with E-state index in [0.29, 0.717) is 4.75 Å². The van der Waals surface area contributed by atoms with Gasteiger partial charge in [0.05, 0.1) is 0 Å². The fourth-order valence-electron chi connectivity index (χ4n) is 2.88. The number of aryl methyl sites for hydroxylation is 1. The van der Waals surface area contributed by atoms with E-state index >= 15 is 0 Å². The zero-order valence-electron chi connectivity index (χ0n) is 13.5. The Morgan fingerprint density at radius 1 is 1.19 bits per heavy atom. The van der Waals surface area contributed by atoms with Gasteiger partial charge < -0.3 is 10.6 Å². The number of thioether (sulfide) groups is 1. The lowest BCUT2D eigenvalue weighted by Gasteiger charge is -2.36. The molecule has 0 unspecified atom stereocenters. The Morgan fingerprint density at radius 3 is 2.62 bits per heavy atom. The maximum absolute atomic E-state index is 4.58. The Hall–Kier alpha value is -0.970. The van der Waals surface area contributed by atoms with E-state index in [4.69, 9.17) is 0 Å². The van der Waals surface area contributed by atoms with Gasteiger partial charge in [-0.25, -0.2) is 4.98 Å². The molecular weight excluding hydrogens is 280 g/mol. The number of aromatic nitrogens is 2. The molecule has 0 spiro atoms. The molecule has 1 heterocycles. The third kappa shape index (κ3) is 4.77. The maximum atomic E-state index is 4.58. The van der Waals surface area contributed by atoms with E-state index in [2.05, 4.69) is 33.8 Å². The van der Waals surface area contributed by atoms with Gasteiger partial charge in [-0.05, 0) is 32.4 Å². The van der Waals surface area contributed by atoms with Crippen molar-refractivity contribution in [2.45, 2.75) is 57.1 Å². The molecule has 4 nitrogen and oxygen atoms in total. The van der Waals surface area contributed by atoms with E-state index in [1.807, 2.05) is 24.8 Å². The molecule has 0 amide bonds. The minimum atomic E-state index is 0.383. The van der Waals surface area contributed by atoms with Crippen molar-refractivity contribution in [3.63, 3.8) is 0 Å². The number of nitrogens with zero attached hydrogens (tertiary/aromatic N) is 2. The van der Waals surface area contributed by atoms with Crippen molar-refractivity contribution in [1.29, 1.82) is 0 Å². The molecule has 0 saturated heterocycles. The number of nitrogens with one attached hydrogen (secondary N) is 2. The number of anilines is 2. The van der Waals surface area contributed by atoms with Gasteiger partial charge in [-0.1, -0.05) is 26.2 Å². The zero-order valence-corrected chi connectivity index (χ0v) is 14.4. The van der Waals surface area contributed by atoms with Crippen LogP contribution in [0.3, 0.4) is 0 Å². The molecule has 5 heteroatoms. The molecule has 1 aliphatic carbocycles. The summed E-state index contributed by atoms with van der Waals surface area (Å²) in [5.74, 6) is 1.68. The van der Waals surface area contributed by atoms with Crippen molar-refractivity contribution in [3.8, 4) is 0 Å². The summed E-state index contributed by atoms with van der Waals surface area (Å²) in [6.45, 7) is 6.08. The first-order valence-electron chi connectivity index (χ1n) is 8.06. The zero-order chi connectivity index (χ0) is 15.1. The van der Waals surface area contributed by atoms with Crippen LogP contribution in [0.1, 0.15) is 51.1 Å². The second-order valence-corrected chi connectivity index (χ2v) is 7.22. The molecule has 2 rings (SSSR count). The van der Waals surface area contributed by atoms with Crippen molar-refractivity contribution < 1.29 is 0 Å². The summed E-state index contributed by atoms with van der Waals surface area (Å²) < 4.78 is 0.383. The van der Waals surface area contributed by atoms with Gasteiger partial charge in [0.2, 0.25) is 5.95 Å². The SMILES string of the molecule is CCCNc1nc(C)cc(NCC2(SC)CCCCC2)n1. The lowest BCUT2D eigenvalue weighted by molar-refractivity contribution is 0.411. The molecule has 1 aromatic heterocycles. The van der Waals surface area contributed by atoms with Gasteiger partial charge in [0.15, 0.2) is 0 Å². The van der Waals surface area contributed by atoms with Crippen molar-refractivity contribution in [3.05, 3.63) is 11.8 Å². The Bertz CT molecular complexity index is 444. The summed E-state index contributed by atoms with van der Waals surface area (Å²) in [5.41, 5.74) is 1.01. The predicted octanol–water partition coefficient (Wildman–Crippen LogP) is 4.08. The third-order valence-corrected chi connectivity index (χ3v) is 5.60. The summed E-state index contributed by atoms with van der Waals surface area (Å²) in [5, 5.41) is 6.82. The molecule has 0 aromatic carbocycles. The number of hydrogen-bond acceptors (Lipinski definition) is 5. The van der Waals surface area contributed by atoms with Crippen LogP contribution in [0.5, 0.6) is 0 Å². The van der Waals surface area contributed by atoms with E-state index in [0.717, 1.165) is 37.0 Å². The maximum Gasteiger partial charge on any atom is 0.224 e. The second kappa shape index (κ2) is 7.87. The first-order chi connectivity index (χ1) is 10.2. The van der Waals surface area contributed by atoms with Crippen LogP contribution >= 0.6 is 11.8 Å². The first-order valence-corrected chi connectivity index (χ1v) is 9.28. The lowest BCUT2D eigenvalue weighted by Crippen LogP contribution is -2.35. The molecule has 118 valence electrons. The Balaban J connectivity index is 1.99. The van der Waals surface area contributed by atoms with E-state index in [-0.39, 0.29) is 0 Å². The summed E-state index contributed by atoms with van der Waals surface area (Å²) in [7, 11) is 0. The average Bonchev–Trinajstić information content (AvgIpc) is 2.51. The summed E-state index contributed by atoms with van der Waals surface area (Å²) in [4.78, 5) is 9.01. The molecule has 0 radical (unpaired) electrons. The highest BCUT2D eigenvalue weighted by molar-refractivity contribution is 8.00. The van der Waals surface area contributed by atoms with Crippen LogP contribution < -0.4 is 10.6 Å². The molecule has 1 aromatic rings. The van der Waals surface area contributed by atoms with Crippen LogP contribution in [0.25, 0.3) is 0 Å². The fourth-order valence-corrected chi connectivity index (χ4v) is 3.79. The molecule has 1 aliphatic rings. The first kappa shape index (κ1) is 16.4. The molecule has 0 aliphatic heterocycles. The highest BCUT2D eigenvalue weighted by Gasteiger charge is 2.30. The van der Waals surface area contributed by atoms with Crippen LogP contribution in [0.15, 0.2) is 6.07 Å². The topological polar surface area (TPSA) is 49.8 Å². The molecular formula is C16H28N4S. The smallest absolute Gasteiger partial charge is 0.224 e. The minimum absolute atomic E-state index is 0.383. The van der Waals surface area contributed by atoms with Crippen LogP contribution in [-0.4, -0.2) is 34.1 Å². The van der Waals surface area contributed by atoms with Gasteiger partial charge in [-0.2, -0.15) is 16.7 Å². The van der Waals surface area contributed by atoms with Crippen molar-refractivity contribution in [1.82, 2.24) is 9.97 Å². The van der Waals surface area contributed by atoms with Crippen molar-refractivity contribution in [2.24, 2.45) is 0 Å². The normalized spacial score (nSPS) is 17.5. The number of rotatable bonds is 7. The van der Waals surface area contributed by atoms with Gasteiger partial charge in [-0.15, -0.1) is 0 Å². The van der Waals surface area contributed by atoms with E-state index in [1.54, 1.807) is 0 Å². The molecule has 2 N–H and O–H groups in total. The fraction of sp³-hybridized carbons (Fsp3) is 0.750. The van der Waals surface area contributed by atoms with Crippen LogP contribution in [0.2, 0.25) is 0 Å². The van der Waals surface area contributed by atoms with Gasteiger partial charge in [0.1, 0.15) is 5.82 Å². The summed E-state index contributed by atoms with van der Waals surface area (Å²) >= 11 is 2.01. The van der Waals surface area contributed by atoms with E-state index in [1.165, 1.54) is 32.1 Å². The van der Waals surface area contributed by atoms with Gasteiger partial charge in [0.25, 0.3) is 0 Å². The molecule has 0 bridgehead atoms. The minimum Gasteiger partial charge on any atom is -0.369 e. The number of hydrogen-bond donors (Lipinski definition) is 2. The standard InChI is InChI=1S/C16H28N4S/c1-4-10-17-15-19-13(2)11-14(20-15)18-12-16(21-3)8-6-5-7-9-16/h11H,4-10,12H2,1-3H3,(H2,17,18,19,20). The van der Waals surface area contributed by atoms with E-state index < -0.39 is 0 Å². The molecule has 0 atom stereocenters. The molecule has 1 fully saturated rings. The Labute approximate surface area is 132 Å². The second-order valence-electron chi connectivity index (χ2n) is 5.95. The predicted molar refractivity (Wildman–Crippen MR) is 93.4 cm³/mol. The molecule has 1 saturated carbocycles. The van der Waals surface area contributed by atoms with Gasteiger partial charge >= 0.3 is 0 Å². The van der Waals surface area contributed by atoms with Crippen LogP contribution in [-0.2, 0) is 0 Å². The van der Waals surface area contributed by atoms with E-state index in [9.17, 15) is 0 Å². The van der Waals surface area contributed by atoms with Gasteiger partial charge in [0, 0.05) is 29.6 Å². The summed E-state index contributed by atoms with van der Waals surface area (Å²) in [6.07, 6.45) is 10.0. The van der Waals surface area contributed by atoms with Crippen molar-refractivity contribution >= 4 is 23.5 Å². The van der Waals surface area contributed by atoms with Crippen LogP contribution in [0, 0.1) is 6.92 Å². The highest BCUT2D eigenvalue weighted by Crippen LogP contribution is 2.38. The molecule has 21 heavy (non-hydrogen) atoms. The summed E-state index contributed by atoms with van der Waals surface area (Å²) in [6, 6.07) is 2.04. The Kier molecular flexibility index (Phi) is 6.15.